The fourth-order valence-corrected chi connectivity index (χ4v) is 2.45. The average molecular weight is 247 g/mol. The van der Waals surface area contributed by atoms with Gasteiger partial charge in [-0.15, -0.1) is 0 Å². The molecule has 1 aromatic rings. The second-order valence-electron chi connectivity index (χ2n) is 6.10. The van der Waals surface area contributed by atoms with Gasteiger partial charge < -0.3 is 15.2 Å². The van der Waals surface area contributed by atoms with Crippen LogP contribution in [0.2, 0.25) is 0 Å². The Kier molecular flexibility index (Phi) is 2.73. The van der Waals surface area contributed by atoms with E-state index in [4.69, 9.17) is 15.2 Å². The summed E-state index contributed by atoms with van der Waals surface area (Å²) in [7, 11) is 0. The number of ether oxygens (including phenoxy) is 2. The molecule has 0 bridgehead atoms. The summed E-state index contributed by atoms with van der Waals surface area (Å²) < 4.78 is 11.4. The van der Waals surface area contributed by atoms with Gasteiger partial charge in [-0.1, -0.05) is 24.3 Å². The highest BCUT2D eigenvalue weighted by Gasteiger charge is 2.38. The van der Waals surface area contributed by atoms with Gasteiger partial charge in [0.25, 0.3) is 0 Å². The highest BCUT2D eigenvalue weighted by atomic mass is 16.7. The minimum absolute atomic E-state index is 0.0572. The van der Waals surface area contributed by atoms with E-state index in [1.54, 1.807) is 0 Å². The Balaban J connectivity index is 1.67. The molecule has 1 aliphatic heterocycles. The van der Waals surface area contributed by atoms with Gasteiger partial charge in [-0.2, -0.15) is 0 Å². The van der Waals surface area contributed by atoms with Crippen LogP contribution in [0.3, 0.4) is 0 Å². The molecule has 1 heterocycles. The molecule has 2 N–H and O–H groups in total. The Labute approximate surface area is 108 Å². The molecule has 3 nitrogen and oxygen atoms in total. The van der Waals surface area contributed by atoms with Gasteiger partial charge in [-0.05, 0) is 44.2 Å². The molecule has 0 amide bonds. The molecule has 3 heteroatoms. The largest absolute Gasteiger partial charge is 0.347 e. The molecule has 2 fully saturated rings. The maximum absolute atomic E-state index is 6.13. The van der Waals surface area contributed by atoms with Crippen molar-refractivity contribution in [2.75, 3.05) is 6.61 Å². The van der Waals surface area contributed by atoms with E-state index in [9.17, 15) is 0 Å². The van der Waals surface area contributed by atoms with Crippen LogP contribution in [-0.2, 0) is 15.9 Å². The molecule has 3 rings (SSSR count). The second kappa shape index (κ2) is 4.05. The van der Waals surface area contributed by atoms with Gasteiger partial charge in [-0.3, -0.25) is 0 Å². The Hall–Kier alpha value is -0.900. The Morgan fingerprint density at radius 2 is 1.89 bits per heavy atom. The predicted molar refractivity (Wildman–Crippen MR) is 70.2 cm³/mol. The Bertz CT molecular complexity index is 434. The van der Waals surface area contributed by atoms with Gasteiger partial charge >= 0.3 is 0 Å². The van der Waals surface area contributed by atoms with E-state index in [2.05, 4.69) is 24.3 Å². The van der Waals surface area contributed by atoms with Crippen LogP contribution < -0.4 is 5.73 Å². The third kappa shape index (κ3) is 2.58. The van der Waals surface area contributed by atoms with Gasteiger partial charge in [0.1, 0.15) is 6.10 Å². The minimum Gasteiger partial charge on any atom is -0.347 e. The quantitative estimate of drug-likeness (QED) is 0.892. The summed E-state index contributed by atoms with van der Waals surface area (Å²) in [6.45, 7) is 4.53. The smallest absolute Gasteiger partial charge is 0.163 e. The average Bonchev–Trinajstić information content (AvgIpc) is 2.91. The summed E-state index contributed by atoms with van der Waals surface area (Å²) in [6.07, 6.45) is 3.35. The van der Waals surface area contributed by atoms with Crippen molar-refractivity contribution in [3.63, 3.8) is 0 Å². The SMILES string of the molecule is CC1(C)OCC(c2ccc(CC3(N)CC3)cc2)O1. The van der Waals surface area contributed by atoms with Gasteiger partial charge in [-0.25, -0.2) is 0 Å². The van der Waals surface area contributed by atoms with Crippen molar-refractivity contribution in [3.05, 3.63) is 35.4 Å². The first kappa shape index (κ1) is 12.2. The number of benzene rings is 1. The predicted octanol–water partition coefficient (Wildman–Crippen LogP) is 2.54. The fraction of sp³-hybridized carbons (Fsp3) is 0.600. The fourth-order valence-electron chi connectivity index (χ4n) is 2.45. The molecule has 1 saturated carbocycles. The van der Waals surface area contributed by atoms with Crippen LogP contribution in [0.1, 0.15) is 43.9 Å². The first-order chi connectivity index (χ1) is 8.46. The van der Waals surface area contributed by atoms with E-state index in [1.165, 1.54) is 11.1 Å². The molecule has 1 atom stereocenters. The van der Waals surface area contributed by atoms with Gasteiger partial charge in [0.05, 0.1) is 6.61 Å². The lowest BCUT2D eigenvalue weighted by Crippen LogP contribution is -2.24. The van der Waals surface area contributed by atoms with Crippen molar-refractivity contribution < 1.29 is 9.47 Å². The van der Waals surface area contributed by atoms with Crippen molar-refractivity contribution in [1.29, 1.82) is 0 Å². The number of hydrogen-bond donors (Lipinski definition) is 1. The topological polar surface area (TPSA) is 44.5 Å². The highest BCUT2D eigenvalue weighted by molar-refractivity contribution is 5.27. The van der Waals surface area contributed by atoms with Gasteiger partial charge in [0.2, 0.25) is 0 Å². The van der Waals surface area contributed by atoms with Crippen molar-refractivity contribution >= 4 is 0 Å². The van der Waals surface area contributed by atoms with Crippen LogP contribution in [0, 0.1) is 0 Å². The zero-order valence-corrected chi connectivity index (χ0v) is 11.1. The molecule has 2 aliphatic rings. The molecule has 1 aromatic carbocycles. The van der Waals surface area contributed by atoms with Crippen molar-refractivity contribution in [3.8, 4) is 0 Å². The molecule has 1 unspecified atom stereocenters. The van der Waals surface area contributed by atoms with E-state index in [0.717, 1.165) is 19.3 Å². The number of hydrogen-bond acceptors (Lipinski definition) is 3. The molecular formula is C15H21NO2. The minimum atomic E-state index is -0.460. The Morgan fingerprint density at radius 1 is 1.22 bits per heavy atom. The molecule has 0 aromatic heterocycles. The highest BCUT2D eigenvalue weighted by Crippen LogP contribution is 2.36. The molecule has 18 heavy (non-hydrogen) atoms. The molecule has 0 spiro atoms. The van der Waals surface area contributed by atoms with Gasteiger partial charge in [0, 0.05) is 5.54 Å². The van der Waals surface area contributed by atoms with E-state index in [-0.39, 0.29) is 11.6 Å². The van der Waals surface area contributed by atoms with Crippen molar-refractivity contribution in [1.82, 2.24) is 0 Å². The number of nitrogens with two attached hydrogens (primary N) is 1. The van der Waals surface area contributed by atoms with Gasteiger partial charge in [0.15, 0.2) is 5.79 Å². The first-order valence-corrected chi connectivity index (χ1v) is 6.65. The maximum atomic E-state index is 6.13. The molecule has 0 radical (unpaired) electrons. The van der Waals surface area contributed by atoms with Crippen molar-refractivity contribution in [2.45, 2.75) is 50.5 Å². The zero-order chi connectivity index (χ0) is 12.8. The molecular weight excluding hydrogens is 226 g/mol. The lowest BCUT2D eigenvalue weighted by Gasteiger charge is -2.17. The summed E-state index contributed by atoms with van der Waals surface area (Å²) in [4.78, 5) is 0. The van der Waals surface area contributed by atoms with E-state index >= 15 is 0 Å². The van der Waals surface area contributed by atoms with Crippen LogP contribution in [-0.4, -0.2) is 17.9 Å². The third-order valence-corrected chi connectivity index (χ3v) is 3.81. The summed E-state index contributed by atoms with van der Waals surface area (Å²) in [5.74, 6) is -0.460. The zero-order valence-electron chi connectivity index (χ0n) is 11.1. The van der Waals surface area contributed by atoms with E-state index in [1.807, 2.05) is 13.8 Å². The molecule has 1 saturated heterocycles. The van der Waals surface area contributed by atoms with Crippen LogP contribution in [0.5, 0.6) is 0 Å². The molecule has 98 valence electrons. The normalized spacial score (nSPS) is 28.3. The van der Waals surface area contributed by atoms with Crippen LogP contribution in [0.4, 0.5) is 0 Å². The van der Waals surface area contributed by atoms with E-state index < -0.39 is 5.79 Å². The number of rotatable bonds is 3. The van der Waals surface area contributed by atoms with Crippen LogP contribution in [0.25, 0.3) is 0 Å². The summed E-state index contributed by atoms with van der Waals surface area (Å²) in [6, 6.07) is 8.60. The monoisotopic (exact) mass is 247 g/mol. The van der Waals surface area contributed by atoms with Crippen molar-refractivity contribution in [2.24, 2.45) is 5.73 Å². The Morgan fingerprint density at radius 3 is 2.39 bits per heavy atom. The molecule has 1 aliphatic carbocycles. The maximum Gasteiger partial charge on any atom is 0.163 e. The lowest BCUT2D eigenvalue weighted by molar-refractivity contribution is -0.139. The standard InChI is InChI=1S/C15H21NO2/c1-14(2)17-10-13(18-14)12-5-3-11(4-6-12)9-15(16)7-8-15/h3-6,13H,7-10,16H2,1-2H3. The first-order valence-electron chi connectivity index (χ1n) is 6.65. The van der Waals surface area contributed by atoms with Crippen LogP contribution >= 0.6 is 0 Å². The van der Waals surface area contributed by atoms with Crippen LogP contribution in [0.15, 0.2) is 24.3 Å². The lowest BCUT2D eigenvalue weighted by atomic mass is 10.0. The summed E-state index contributed by atoms with van der Waals surface area (Å²) in [5, 5.41) is 0. The summed E-state index contributed by atoms with van der Waals surface area (Å²) >= 11 is 0. The third-order valence-electron chi connectivity index (χ3n) is 3.81. The second-order valence-corrected chi connectivity index (χ2v) is 6.10. The van der Waals surface area contributed by atoms with E-state index in [0.29, 0.717) is 6.61 Å². The summed E-state index contributed by atoms with van der Waals surface area (Å²) in [5.41, 5.74) is 8.71.